The maximum absolute atomic E-state index is 13.5. The van der Waals surface area contributed by atoms with Crippen molar-refractivity contribution in [3.63, 3.8) is 0 Å². The minimum atomic E-state index is -0.311. The van der Waals surface area contributed by atoms with Crippen LogP contribution >= 0.6 is 11.8 Å². The number of halogens is 1. The molecule has 0 aliphatic heterocycles. The Balaban J connectivity index is 2.34. The largest absolute Gasteiger partial charge is 0.479 e. The molecule has 1 aromatic heterocycles. The summed E-state index contributed by atoms with van der Waals surface area (Å²) in [7, 11) is 1.47. The number of anilines is 1. The van der Waals surface area contributed by atoms with Crippen LogP contribution in [0.2, 0.25) is 0 Å². The third-order valence-electron chi connectivity index (χ3n) is 2.05. The Bertz CT molecular complexity index is 536. The molecule has 0 saturated heterocycles. The summed E-state index contributed by atoms with van der Waals surface area (Å²) < 4.78 is 18.4. The fraction of sp³-hybridized carbons (Fsp3) is 0.0909. The summed E-state index contributed by atoms with van der Waals surface area (Å²) >= 11 is 1.14. The van der Waals surface area contributed by atoms with Gasteiger partial charge in [0.05, 0.1) is 7.11 Å². The van der Waals surface area contributed by atoms with Crippen molar-refractivity contribution in [2.75, 3.05) is 12.8 Å². The molecule has 2 rings (SSSR count). The summed E-state index contributed by atoms with van der Waals surface area (Å²) in [6, 6.07) is 6.42. The Kier molecular flexibility index (Phi) is 3.43. The van der Waals surface area contributed by atoms with Crippen LogP contribution in [0.15, 0.2) is 40.5 Å². The second-order valence-corrected chi connectivity index (χ2v) is 4.16. The van der Waals surface area contributed by atoms with Gasteiger partial charge in [-0.3, -0.25) is 0 Å². The first-order chi connectivity index (χ1) is 8.22. The lowest BCUT2D eigenvalue weighted by molar-refractivity contribution is 0.397. The summed E-state index contributed by atoms with van der Waals surface area (Å²) in [5, 5.41) is 0.474. The van der Waals surface area contributed by atoms with Crippen molar-refractivity contribution in [2.24, 2.45) is 0 Å². The second kappa shape index (κ2) is 5.01. The summed E-state index contributed by atoms with van der Waals surface area (Å²) in [5.41, 5.74) is 6.11. The molecule has 0 aliphatic rings. The van der Waals surface area contributed by atoms with Crippen molar-refractivity contribution in [3.8, 4) is 5.88 Å². The van der Waals surface area contributed by atoms with Gasteiger partial charge in [0.25, 0.3) is 0 Å². The van der Waals surface area contributed by atoms with Crippen molar-refractivity contribution in [1.82, 2.24) is 9.97 Å². The van der Waals surface area contributed by atoms with E-state index in [0.29, 0.717) is 21.5 Å². The van der Waals surface area contributed by atoms with Crippen LogP contribution < -0.4 is 10.5 Å². The number of ether oxygens (including phenoxy) is 1. The standard InChI is InChI=1S/C11H10FN3OS/c1-16-10-9(13)11(15-6-14-10)17-8-5-3-2-4-7(8)12/h2-6H,13H2,1H3. The Morgan fingerprint density at radius 3 is 2.76 bits per heavy atom. The molecule has 0 fully saturated rings. The monoisotopic (exact) mass is 251 g/mol. The maximum Gasteiger partial charge on any atom is 0.241 e. The number of nitrogens with two attached hydrogens (primary N) is 1. The number of methoxy groups -OCH3 is 1. The van der Waals surface area contributed by atoms with Gasteiger partial charge in [0, 0.05) is 4.90 Å². The van der Waals surface area contributed by atoms with Crippen LogP contribution in [0.1, 0.15) is 0 Å². The summed E-state index contributed by atoms with van der Waals surface area (Å²) in [6.45, 7) is 0. The Morgan fingerprint density at radius 1 is 1.29 bits per heavy atom. The molecular formula is C11H10FN3OS. The van der Waals surface area contributed by atoms with E-state index < -0.39 is 0 Å². The van der Waals surface area contributed by atoms with Gasteiger partial charge in [-0.1, -0.05) is 23.9 Å². The maximum atomic E-state index is 13.5. The van der Waals surface area contributed by atoms with Gasteiger partial charge >= 0.3 is 0 Å². The molecular weight excluding hydrogens is 241 g/mol. The lowest BCUT2D eigenvalue weighted by atomic mass is 10.3. The van der Waals surface area contributed by atoms with Gasteiger partial charge in [0.15, 0.2) is 0 Å². The molecule has 0 amide bonds. The molecule has 0 unspecified atom stereocenters. The molecule has 0 spiro atoms. The predicted molar refractivity (Wildman–Crippen MR) is 63.5 cm³/mol. The molecule has 4 nitrogen and oxygen atoms in total. The number of nitrogens with zero attached hydrogens (tertiary/aromatic N) is 2. The zero-order valence-electron chi connectivity index (χ0n) is 9.05. The third kappa shape index (κ3) is 2.47. The van der Waals surface area contributed by atoms with Crippen LogP contribution in [0, 0.1) is 5.82 Å². The minimum absolute atomic E-state index is 0.291. The molecule has 0 aliphatic carbocycles. The van der Waals surface area contributed by atoms with Crippen LogP contribution in [0.4, 0.5) is 10.1 Å². The van der Waals surface area contributed by atoms with Gasteiger partial charge in [0.1, 0.15) is 22.9 Å². The third-order valence-corrected chi connectivity index (χ3v) is 3.12. The van der Waals surface area contributed by atoms with E-state index in [0.717, 1.165) is 11.8 Å². The van der Waals surface area contributed by atoms with Gasteiger partial charge < -0.3 is 10.5 Å². The second-order valence-electron chi connectivity index (χ2n) is 3.13. The molecule has 88 valence electrons. The molecule has 1 aromatic carbocycles. The van der Waals surface area contributed by atoms with Crippen LogP contribution in [-0.2, 0) is 0 Å². The normalized spacial score (nSPS) is 10.2. The van der Waals surface area contributed by atoms with E-state index >= 15 is 0 Å². The highest BCUT2D eigenvalue weighted by atomic mass is 32.2. The van der Waals surface area contributed by atoms with Crippen molar-refractivity contribution in [3.05, 3.63) is 36.4 Å². The van der Waals surface area contributed by atoms with Crippen LogP contribution in [0.3, 0.4) is 0 Å². The molecule has 1 heterocycles. The topological polar surface area (TPSA) is 61.0 Å². The molecule has 0 atom stereocenters. The number of nitrogen functional groups attached to an aromatic ring is 1. The van der Waals surface area contributed by atoms with Crippen molar-refractivity contribution in [2.45, 2.75) is 9.92 Å². The van der Waals surface area contributed by atoms with Gasteiger partial charge in [-0.05, 0) is 12.1 Å². The van der Waals surface area contributed by atoms with E-state index in [2.05, 4.69) is 9.97 Å². The van der Waals surface area contributed by atoms with E-state index in [-0.39, 0.29) is 5.82 Å². The number of aromatic nitrogens is 2. The SMILES string of the molecule is COc1ncnc(Sc2ccccc2F)c1N. The minimum Gasteiger partial charge on any atom is -0.479 e. The molecule has 2 aromatic rings. The lowest BCUT2D eigenvalue weighted by Crippen LogP contribution is -1.99. The molecule has 17 heavy (non-hydrogen) atoms. The van der Waals surface area contributed by atoms with Crippen LogP contribution in [0.25, 0.3) is 0 Å². The molecule has 0 saturated carbocycles. The van der Waals surface area contributed by atoms with Gasteiger partial charge in [-0.25, -0.2) is 9.37 Å². The Hall–Kier alpha value is -1.82. The summed E-state index contributed by atoms with van der Waals surface area (Å²) in [6.07, 6.45) is 1.33. The highest BCUT2D eigenvalue weighted by molar-refractivity contribution is 7.99. The van der Waals surface area contributed by atoms with E-state index in [1.807, 2.05) is 0 Å². The van der Waals surface area contributed by atoms with Crippen LogP contribution in [-0.4, -0.2) is 17.1 Å². The Morgan fingerprint density at radius 2 is 2.06 bits per heavy atom. The fourth-order valence-corrected chi connectivity index (χ4v) is 2.06. The number of hydrogen-bond acceptors (Lipinski definition) is 5. The first-order valence-corrected chi connectivity index (χ1v) is 5.61. The van der Waals surface area contributed by atoms with E-state index in [1.54, 1.807) is 18.2 Å². The lowest BCUT2D eigenvalue weighted by Gasteiger charge is -2.07. The van der Waals surface area contributed by atoms with Crippen molar-refractivity contribution < 1.29 is 9.13 Å². The first-order valence-electron chi connectivity index (χ1n) is 4.79. The molecule has 0 bridgehead atoms. The highest BCUT2D eigenvalue weighted by Crippen LogP contribution is 2.34. The average Bonchev–Trinajstić information content (AvgIpc) is 2.34. The van der Waals surface area contributed by atoms with E-state index in [4.69, 9.17) is 10.5 Å². The fourth-order valence-electron chi connectivity index (χ4n) is 1.24. The quantitative estimate of drug-likeness (QED) is 0.848. The van der Waals surface area contributed by atoms with Crippen LogP contribution in [0.5, 0.6) is 5.88 Å². The van der Waals surface area contributed by atoms with Crippen molar-refractivity contribution >= 4 is 17.4 Å². The predicted octanol–water partition coefficient (Wildman–Crippen LogP) is 2.36. The number of hydrogen-bond donors (Lipinski definition) is 1. The first kappa shape index (κ1) is 11.7. The smallest absolute Gasteiger partial charge is 0.241 e. The van der Waals surface area contributed by atoms with Crippen molar-refractivity contribution in [1.29, 1.82) is 0 Å². The van der Waals surface area contributed by atoms with Gasteiger partial charge in [-0.2, -0.15) is 4.98 Å². The Labute approximate surface area is 102 Å². The molecule has 2 N–H and O–H groups in total. The average molecular weight is 251 g/mol. The summed E-state index contributed by atoms with van der Waals surface area (Å²) in [4.78, 5) is 8.32. The zero-order chi connectivity index (χ0) is 12.3. The van der Waals surface area contributed by atoms with E-state index in [9.17, 15) is 4.39 Å². The number of rotatable bonds is 3. The number of benzene rings is 1. The van der Waals surface area contributed by atoms with Gasteiger partial charge in [0.2, 0.25) is 5.88 Å². The molecule has 0 radical (unpaired) electrons. The molecule has 6 heteroatoms. The highest BCUT2D eigenvalue weighted by Gasteiger charge is 2.11. The van der Waals surface area contributed by atoms with Gasteiger partial charge in [-0.15, -0.1) is 0 Å². The summed E-state index contributed by atoms with van der Waals surface area (Å²) in [5.74, 6) is -0.0201. The zero-order valence-corrected chi connectivity index (χ0v) is 9.87. The van der Waals surface area contributed by atoms with E-state index in [1.165, 1.54) is 19.5 Å².